The van der Waals surface area contributed by atoms with Gasteiger partial charge in [-0.15, -0.1) is 0 Å². The van der Waals surface area contributed by atoms with E-state index < -0.39 is 18.2 Å². The molecule has 3 amide bonds. The second kappa shape index (κ2) is 8.70. The highest BCUT2D eigenvalue weighted by Crippen LogP contribution is 2.30. The molecule has 4 rings (SSSR count). The molecule has 2 aromatic rings. The van der Waals surface area contributed by atoms with Crippen LogP contribution in [0.25, 0.3) is 0 Å². The number of aromatic nitrogens is 2. The molecule has 32 heavy (non-hydrogen) atoms. The number of urea groups is 1. The zero-order valence-corrected chi connectivity index (χ0v) is 18.7. The molecule has 0 saturated carbocycles. The molecule has 0 N–H and O–H groups in total. The first-order valence-corrected chi connectivity index (χ1v) is 10.6. The number of rotatable bonds is 6. The summed E-state index contributed by atoms with van der Waals surface area (Å²) in [5.74, 6) is -0.340. The van der Waals surface area contributed by atoms with Gasteiger partial charge in [0.15, 0.2) is 12.2 Å². The summed E-state index contributed by atoms with van der Waals surface area (Å²) in [5, 5.41) is 4.52. The maximum absolute atomic E-state index is 14.5. The Morgan fingerprint density at radius 2 is 1.94 bits per heavy atom. The number of aliphatic imine (C=N–C) groups is 1. The van der Waals surface area contributed by atoms with Crippen molar-refractivity contribution in [1.29, 1.82) is 0 Å². The van der Waals surface area contributed by atoms with Crippen LogP contribution in [0, 0.1) is 19.7 Å². The summed E-state index contributed by atoms with van der Waals surface area (Å²) in [6, 6.07) is 7.11. The van der Waals surface area contributed by atoms with Crippen molar-refractivity contribution < 1.29 is 18.7 Å². The lowest BCUT2D eigenvalue weighted by Gasteiger charge is -2.41. The Morgan fingerprint density at radius 3 is 2.59 bits per heavy atom. The van der Waals surface area contributed by atoms with Crippen molar-refractivity contribution >= 4 is 17.9 Å². The molecule has 1 aromatic carbocycles. The van der Waals surface area contributed by atoms with E-state index in [0.717, 1.165) is 11.4 Å². The standard InChI is InChI=1S/C22H27FN6O3/c1-5-32-11-10-27-20(30)18-19(26(4)22(27)31)24-21(29-15(3)12-14(2)25-29)28(18)13-16-8-6-7-9-17(16)23/h6-9,12,18-19H,5,10-11,13H2,1-4H3. The summed E-state index contributed by atoms with van der Waals surface area (Å²) < 4.78 is 21.5. The van der Waals surface area contributed by atoms with Gasteiger partial charge in [0.1, 0.15) is 5.82 Å². The van der Waals surface area contributed by atoms with Crippen molar-refractivity contribution in [2.24, 2.45) is 4.99 Å². The second-order valence-corrected chi connectivity index (χ2v) is 7.93. The van der Waals surface area contributed by atoms with E-state index >= 15 is 0 Å². The average Bonchev–Trinajstić information content (AvgIpc) is 3.30. The van der Waals surface area contributed by atoms with Crippen LogP contribution in [-0.4, -0.2) is 81.4 Å². The second-order valence-electron chi connectivity index (χ2n) is 7.93. The molecule has 2 aliphatic heterocycles. The van der Waals surface area contributed by atoms with Crippen LogP contribution in [0.1, 0.15) is 23.9 Å². The molecule has 2 aliphatic rings. The smallest absolute Gasteiger partial charge is 0.328 e. The number of hydrogen-bond acceptors (Lipinski definition) is 6. The molecule has 3 heterocycles. The molecule has 0 bridgehead atoms. The monoisotopic (exact) mass is 442 g/mol. The number of aryl methyl sites for hydroxylation is 2. The number of imide groups is 1. The Bertz CT molecular complexity index is 1070. The number of carbonyl (C=O) groups is 2. The number of halogens is 1. The van der Waals surface area contributed by atoms with E-state index in [2.05, 4.69) is 5.10 Å². The topological polar surface area (TPSA) is 83.3 Å². The number of nitrogens with zero attached hydrogens (tertiary/aromatic N) is 6. The normalized spacial score (nSPS) is 20.8. The third-order valence-electron chi connectivity index (χ3n) is 5.73. The predicted molar refractivity (Wildman–Crippen MR) is 115 cm³/mol. The first-order valence-electron chi connectivity index (χ1n) is 10.6. The molecule has 2 atom stereocenters. The van der Waals surface area contributed by atoms with E-state index in [9.17, 15) is 14.0 Å². The van der Waals surface area contributed by atoms with Gasteiger partial charge in [0.25, 0.3) is 5.91 Å². The number of ether oxygens (including phenoxy) is 1. The largest absolute Gasteiger partial charge is 0.380 e. The van der Waals surface area contributed by atoms with E-state index in [1.807, 2.05) is 26.8 Å². The zero-order chi connectivity index (χ0) is 23.0. The summed E-state index contributed by atoms with van der Waals surface area (Å²) >= 11 is 0. The van der Waals surface area contributed by atoms with Crippen LogP contribution in [0.4, 0.5) is 9.18 Å². The Labute approximate surface area is 186 Å². The minimum absolute atomic E-state index is 0.109. The molecule has 1 fully saturated rings. The molecular formula is C22H27FN6O3. The summed E-state index contributed by atoms with van der Waals surface area (Å²) in [7, 11) is 1.62. The SMILES string of the molecule is CCOCCN1C(=O)C2C(N=C(n3nc(C)cc3C)N2Cc2ccccc2F)N(C)C1=O. The lowest BCUT2D eigenvalue weighted by Crippen LogP contribution is -2.65. The van der Waals surface area contributed by atoms with Gasteiger partial charge >= 0.3 is 6.03 Å². The van der Waals surface area contributed by atoms with Crippen LogP contribution in [0.2, 0.25) is 0 Å². The summed E-state index contributed by atoms with van der Waals surface area (Å²) in [4.78, 5) is 35.5. The number of amides is 3. The fourth-order valence-corrected chi connectivity index (χ4v) is 4.16. The fraction of sp³-hybridized carbons (Fsp3) is 0.455. The Morgan fingerprint density at radius 1 is 1.19 bits per heavy atom. The highest BCUT2D eigenvalue weighted by atomic mass is 19.1. The van der Waals surface area contributed by atoms with Crippen LogP contribution in [0.15, 0.2) is 35.3 Å². The average molecular weight is 442 g/mol. The van der Waals surface area contributed by atoms with Gasteiger partial charge in [0, 0.05) is 31.5 Å². The van der Waals surface area contributed by atoms with Crippen molar-refractivity contribution in [2.45, 2.75) is 39.5 Å². The van der Waals surface area contributed by atoms with E-state index in [1.165, 1.54) is 15.9 Å². The number of hydrogen-bond donors (Lipinski definition) is 0. The van der Waals surface area contributed by atoms with Crippen LogP contribution >= 0.6 is 0 Å². The molecule has 170 valence electrons. The van der Waals surface area contributed by atoms with Gasteiger partial charge in [-0.05, 0) is 32.9 Å². The van der Waals surface area contributed by atoms with Crippen molar-refractivity contribution in [1.82, 2.24) is 24.5 Å². The molecule has 9 nitrogen and oxygen atoms in total. The molecule has 0 aliphatic carbocycles. The third kappa shape index (κ3) is 3.75. The molecule has 1 saturated heterocycles. The first kappa shape index (κ1) is 21.9. The maximum Gasteiger partial charge on any atom is 0.328 e. The number of benzene rings is 1. The molecule has 10 heteroatoms. The Balaban J connectivity index is 1.75. The molecule has 0 radical (unpaired) electrons. The number of likely N-dealkylation sites (N-methyl/N-ethyl adjacent to an activating group) is 1. The Hall–Kier alpha value is -3.27. The lowest BCUT2D eigenvalue weighted by atomic mass is 10.1. The first-order chi connectivity index (χ1) is 15.3. The van der Waals surface area contributed by atoms with Gasteiger partial charge in [0.05, 0.1) is 18.8 Å². The van der Waals surface area contributed by atoms with Gasteiger partial charge < -0.3 is 14.5 Å². The predicted octanol–water partition coefficient (Wildman–Crippen LogP) is 1.98. The van der Waals surface area contributed by atoms with Gasteiger partial charge in [-0.1, -0.05) is 18.2 Å². The highest BCUT2D eigenvalue weighted by molar-refractivity contribution is 6.04. The van der Waals surface area contributed by atoms with Gasteiger partial charge in [-0.3, -0.25) is 9.69 Å². The highest BCUT2D eigenvalue weighted by Gasteiger charge is 2.52. The van der Waals surface area contributed by atoms with Crippen LogP contribution in [-0.2, 0) is 16.1 Å². The third-order valence-corrected chi connectivity index (χ3v) is 5.73. The van der Waals surface area contributed by atoms with Crippen molar-refractivity contribution in [3.63, 3.8) is 0 Å². The lowest BCUT2D eigenvalue weighted by molar-refractivity contribution is -0.138. The van der Waals surface area contributed by atoms with Crippen LogP contribution in [0.5, 0.6) is 0 Å². The van der Waals surface area contributed by atoms with Crippen LogP contribution in [0.3, 0.4) is 0 Å². The molecule has 1 aromatic heterocycles. The van der Waals surface area contributed by atoms with Gasteiger partial charge in [0.2, 0.25) is 5.96 Å². The molecule has 2 unspecified atom stereocenters. The number of carbonyl (C=O) groups excluding carboxylic acids is 2. The summed E-state index contributed by atoms with van der Waals surface area (Å²) in [6.07, 6.45) is -0.732. The van der Waals surface area contributed by atoms with Crippen LogP contribution < -0.4 is 0 Å². The van der Waals surface area contributed by atoms with E-state index in [0.29, 0.717) is 18.1 Å². The summed E-state index contributed by atoms with van der Waals surface area (Å²) in [5.41, 5.74) is 2.05. The number of fused-ring (bicyclic) bond motifs is 1. The van der Waals surface area contributed by atoms with Gasteiger partial charge in [-0.25, -0.2) is 18.9 Å². The minimum Gasteiger partial charge on any atom is -0.380 e. The van der Waals surface area contributed by atoms with E-state index in [-0.39, 0.29) is 31.4 Å². The molecule has 0 spiro atoms. The van der Waals surface area contributed by atoms with Gasteiger partial charge in [-0.2, -0.15) is 5.10 Å². The van der Waals surface area contributed by atoms with E-state index in [1.54, 1.807) is 34.8 Å². The Kier molecular flexibility index (Phi) is 5.96. The fourth-order valence-electron chi connectivity index (χ4n) is 4.16. The van der Waals surface area contributed by atoms with E-state index in [4.69, 9.17) is 9.73 Å². The molecular weight excluding hydrogens is 415 g/mol. The minimum atomic E-state index is -0.794. The zero-order valence-electron chi connectivity index (χ0n) is 18.7. The van der Waals surface area contributed by atoms with Crippen molar-refractivity contribution in [2.75, 3.05) is 26.8 Å². The summed E-state index contributed by atoms with van der Waals surface area (Å²) in [6.45, 7) is 6.59. The maximum atomic E-state index is 14.5. The quantitative estimate of drug-likeness (QED) is 0.639. The van der Waals surface area contributed by atoms with Crippen molar-refractivity contribution in [3.05, 3.63) is 53.1 Å². The van der Waals surface area contributed by atoms with Crippen molar-refractivity contribution in [3.8, 4) is 0 Å².